The van der Waals surface area contributed by atoms with Gasteiger partial charge in [-0.2, -0.15) is 13.2 Å². The van der Waals surface area contributed by atoms with Gasteiger partial charge in [-0.1, -0.05) is 57.2 Å². The van der Waals surface area contributed by atoms with Gasteiger partial charge in [0.2, 0.25) is 0 Å². The van der Waals surface area contributed by atoms with Crippen LogP contribution < -0.4 is 0 Å². The SMILES string of the molecule is CC(C)(C)c1ccc(-c2ccc(C(F)(F)F)cc2)cc1. The summed E-state index contributed by atoms with van der Waals surface area (Å²) in [5, 5.41) is 0. The molecule has 0 amide bonds. The third-order valence-corrected chi connectivity index (χ3v) is 3.30. The molecule has 0 aliphatic rings. The van der Waals surface area contributed by atoms with Crippen molar-refractivity contribution in [2.45, 2.75) is 32.4 Å². The van der Waals surface area contributed by atoms with Crippen LogP contribution in [0.3, 0.4) is 0 Å². The molecule has 0 aromatic heterocycles. The molecule has 0 fully saturated rings. The molecule has 2 aromatic rings. The van der Waals surface area contributed by atoms with E-state index in [0.717, 1.165) is 23.3 Å². The maximum atomic E-state index is 12.5. The molecule has 0 atom stereocenters. The lowest BCUT2D eigenvalue weighted by Gasteiger charge is -2.19. The largest absolute Gasteiger partial charge is 0.416 e. The molecule has 3 heteroatoms. The smallest absolute Gasteiger partial charge is 0.166 e. The number of benzene rings is 2. The first-order valence-electron chi connectivity index (χ1n) is 6.46. The highest BCUT2D eigenvalue weighted by molar-refractivity contribution is 5.64. The van der Waals surface area contributed by atoms with Gasteiger partial charge < -0.3 is 0 Å². The molecular formula is C17H17F3. The van der Waals surface area contributed by atoms with Crippen LogP contribution in [0.25, 0.3) is 11.1 Å². The van der Waals surface area contributed by atoms with Crippen molar-refractivity contribution < 1.29 is 13.2 Å². The average molecular weight is 278 g/mol. The summed E-state index contributed by atoms with van der Waals surface area (Å²) < 4.78 is 37.5. The first-order valence-corrected chi connectivity index (χ1v) is 6.46. The third kappa shape index (κ3) is 3.21. The molecule has 2 aromatic carbocycles. The molecule has 0 spiro atoms. The summed E-state index contributed by atoms with van der Waals surface area (Å²) in [6.07, 6.45) is -4.28. The van der Waals surface area contributed by atoms with Crippen molar-refractivity contribution in [3.63, 3.8) is 0 Å². The first-order chi connectivity index (χ1) is 9.18. The van der Waals surface area contributed by atoms with E-state index in [9.17, 15) is 13.2 Å². The second-order valence-corrected chi connectivity index (χ2v) is 5.90. The second-order valence-electron chi connectivity index (χ2n) is 5.90. The van der Waals surface area contributed by atoms with Gasteiger partial charge in [0, 0.05) is 0 Å². The molecule has 0 N–H and O–H groups in total. The van der Waals surface area contributed by atoms with E-state index in [1.54, 1.807) is 0 Å². The number of hydrogen-bond donors (Lipinski definition) is 0. The van der Waals surface area contributed by atoms with Crippen molar-refractivity contribution in [2.75, 3.05) is 0 Å². The lowest BCUT2D eigenvalue weighted by Crippen LogP contribution is -2.10. The normalized spacial score (nSPS) is 12.5. The van der Waals surface area contributed by atoms with Crippen LogP contribution in [0.5, 0.6) is 0 Å². The van der Waals surface area contributed by atoms with Crippen LogP contribution in [0.15, 0.2) is 48.5 Å². The number of alkyl halides is 3. The molecule has 0 nitrogen and oxygen atoms in total. The van der Waals surface area contributed by atoms with E-state index in [0.29, 0.717) is 0 Å². The fraction of sp³-hybridized carbons (Fsp3) is 0.294. The van der Waals surface area contributed by atoms with E-state index in [1.807, 2.05) is 24.3 Å². The van der Waals surface area contributed by atoms with Gasteiger partial charge in [0.25, 0.3) is 0 Å². The summed E-state index contributed by atoms with van der Waals surface area (Å²) in [6.45, 7) is 6.38. The van der Waals surface area contributed by atoms with Crippen molar-refractivity contribution in [1.29, 1.82) is 0 Å². The summed E-state index contributed by atoms with van der Waals surface area (Å²) >= 11 is 0. The van der Waals surface area contributed by atoms with E-state index in [2.05, 4.69) is 20.8 Å². The predicted octanol–water partition coefficient (Wildman–Crippen LogP) is 5.67. The Bertz CT molecular complexity index is 514. The molecule has 0 unspecified atom stereocenters. The third-order valence-electron chi connectivity index (χ3n) is 3.30. The molecule has 0 aliphatic carbocycles. The average Bonchev–Trinajstić information content (AvgIpc) is 2.37. The van der Waals surface area contributed by atoms with Crippen molar-refractivity contribution in [2.24, 2.45) is 0 Å². The Kier molecular flexibility index (Phi) is 3.63. The standard InChI is InChI=1S/C17H17F3/c1-16(2,3)14-8-4-12(5-9-14)13-6-10-15(11-7-13)17(18,19)20/h4-11H,1-3H3. The van der Waals surface area contributed by atoms with Gasteiger partial charge in [-0.25, -0.2) is 0 Å². The van der Waals surface area contributed by atoms with Gasteiger partial charge >= 0.3 is 6.18 Å². The van der Waals surface area contributed by atoms with Crippen LogP contribution in [-0.2, 0) is 11.6 Å². The van der Waals surface area contributed by atoms with Gasteiger partial charge in [0.15, 0.2) is 0 Å². The van der Waals surface area contributed by atoms with E-state index < -0.39 is 11.7 Å². The molecule has 0 saturated carbocycles. The van der Waals surface area contributed by atoms with Crippen LogP contribution in [-0.4, -0.2) is 0 Å². The zero-order valence-electron chi connectivity index (χ0n) is 11.8. The number of halogens is 3. The predicted molar refractivity (Wildman–Crippen MR) is 75.6 cm³/mol. The zero-order valence-corrected chi connectivity index (χ0v) is 11.8. The van der Waals surface area contributed by atoms with Crippen molar-refractivity contribution in [1.82, 2.24) is 0 Å². The fourth-order valence-electron chi connectivity index (χ4n) is 2.01. The molecular weight excluding hydrogens is 261 g/mol. The van der Waals surface area contributed by atoms with Crippen molar-refractivity contribution >= 4 is 0 Å². The Labute approximate surface area is 117 Å². The van der Waals surface area contributed by atoms with Crippen LogP contribution in [0.2, 0.25) is 0 Å². The fourth-order valence-corrected chi connectivity index (χ4v) is 2.01. The highest BCUT2D eigenvalue weighted by Crippen LogP contribution is 2.31. The molecule has 0 radical (unpaired) electrons. The molecule has 20 heavy (non-hydrogen) atoms. The summed E-state index contributed by atoms with van der Waals surface area (Å²) in [7, 11) is 0. The Balaban J connectivity index is 2.29. The van der Waals surface area contributed by atoms with Crippen molar-refractivity contribution in [3.05, 3.63) is 59.7 Å². The lowest BCUT2D eigenvalue weighted by atomic mass is 9.86. The molecule has 0 saturated heterocycles. The van der Waals surface area contributed by atoms with Crippen LogP contribution in [0.1, 0.15) is 31.9 Å². The zero-order chi connectivity index (χ0) is 15.0. The summed E-state index contributed by atoms with van der Waals surface area (Å²) in [5.74, 6) is 0. The lowest BCUT2D eigenvalue weighted by molar-refractivity contribution is -0.137. The Hall–Kier alpha value is -1.77. The summed E-state index contributed by atoms with van der Waals surface area (Å²) in [5.41, 5.74) is 2.37. The number of hydrogen-bond acceptors (Lipinski definition) is 0. The second kappa shape index (κ2) is 4.97. The minimum Gasteiger partial charge on any atom is -0.166 e. The number of rotatable bonds is 1. The van der Waals surface area contributed by atoms with Gasteiger partial charge in [0.1, 0.15) is 0 Å². The topological polar surface area (TPSA) is 0 Å². The minimum absolute atomic E-state index is 0.0681. The van der Waals surface area contributed by atoms with Crippen LogP contribution >= 0.6 is 0 Å². The monoisotopic (exact) mass is 278 g/mol. The molecule has 0 heterocycles. The highest BCUT2D eigenvalue weighted by atomic mass is 19.4. The van der Waals surface area contributed by atoms with Gasteiger partial charge in [0.05, 0.1) is 5.56 Å². The maximum absolute atomic E-state index is 12.5. The molecule has 0 bridgehead atoms. The first kappa shape index (κ1) is 14.6. The highest BCUT2D eigenvalue weighted by Gasteiger charge is 2.29. The Morgan fingerprint density at radius 1 is 0.600 bits per heavy atom. The summed E-state index contributed by atoms with van der Waals surface area (Å²) in [4.78, 5) is 0. The minimum atomic E-state index is -4.28. The van der Waals surface area contributed by atoms with Gasteiger partial charge in [-0.05, 0) is 34.2 Å². The van der Waals surface area contributed by atoms with E-state index in [4.69, 9.17) is 0 Å². The van der Waals surface area contributed by atoms with Gasteiger partial charge in [-0.3, -0.25) is 0 Å². The Morgan fingerprint density at radius 2 is 0.950 bits per heavy atom. The van der Waals surface area contributed by atoms with Gasteiger partial charge in [-0.15, -0.1) is 0 Å². The van der Waals surface area contributed by atoms with E-state index in [1.165, 1.54) is 17.7 Å². The van der Waals surface area contributed by atoms with Crippen LogP contribution in [0.4, 0.5) is 13.2 Å². The summed E-state index contributed by atoms with van der Waals surface area (Å²) in [6, 6.07) is 13.2. The quantitative estimate of drug-likeness (QED) is 0.630. The van der Waals surface area contributed by atoms with Crippen LogP contribution in [0, 0.1) is 0 Å². The van der Waals surface area contributed by atoms with Crippen molar-refractivity contribution in [3.8, 4) is 11.1 Å². The maximum Gasteiger partial charge on any atom is 0.416 e. The molecule has 2 rings (SSSR count). The molecule has 106 valence electrons. The van der Waals surface area contributed by atoms with E-state index in [-0.39, 0.29) is 5.41 Å². The Morgan fingerprint density at radius 3 is 1.25 bits per heavy atom. The molecule has 0 aliphatic heterocycles. The van der Waals surface area contributed by atoms with E-state index >= 15 is 0 Å².